The van der Waals surface area contributed by atoms with E-state index in [9.17, 15) is 14.4 Å². The highest BCUT2D eigenvalue weighted by molar-refractivity contribution is 6.52. The number of fused-ring (bicyclic) bond motifs is 1. The zero-order chi connectivity index (χ0) is 39.3. The molecule has 4 amide bonds. The third-order valence-corrected chi connectivity index (χ3v) is 13.3. The Balaban J connectivity index is 0.000000171. The van der Waals surface area contributed by atoms with Gasteiger partial charge in [-0.3, -0.25) is 4.79 Å². The summed E-state index contributed by atoms with van der Waals surface area (Å²) in [6.07, 6.45) is 4.68. The first kappa shape index (κ1) is 39.6. The molecule has 6 heterocycles. The van der Waals surface area contributed by atoms with E-state index in [1.807, 2.05) is 30.6 Å². The van der Waals surface area contributed by atoms with E-state index < -0.39 is 5.60 Å². The van der Waals surface area contributed by atoms with E-state index in [-0.39, 0.29) is 84.3 Å². The van der Waals surface area contributed by atoms with E-state index in [4.69, 9.17) is 28.1 Å². The Labute approximate surface area is 322 Å². The highest BCUT2D eigenvalue weighted by Crippen LogP contribution is 2.53. The summed E-state index contributed by atoms with van der Waals surface area (Å²) >= 11 is 0. The minimum absolute atomic E-state index is 0.0313. The smallest absolute Gasteiger partial charge is 0.444 e. The van der Waals surface area contributed by atoms with Gasteiger partial charge in [-0.1, -0.05) is 23.1 Å². The first-order valence-electron chi connectivity index (χ1n) is 19.9. The normalized spacial score (nSPS) is 30.6. The minimum Gasteiger partial charge on any atom is -0.444 e. The van der Waals surface area contributed by atoms with Crippen molar-refractivity contribution in [3.63, 3.8) is 0 Å². The monoisotopic (exact) mass is 752 g/mol. The second-order valence-electron chi connectivity index (χ2n) is 20.3. The van der Waals surface area contributed by atoms with Gasteiger partial charge in [0.1, 0.15) is 12.2 Å². The maximum Gasteiger partial charge on any atom is 0.487 e. The molecule has 2 spiro atoms. The number of likely N-dealkylation sites (tertiary alicyclic amines) is 3. The number of hydrogen-bond acceptors (Lipinski definition) is 9. The summed E-state index contributed by atoms with van der Waals surface area (Å²) in [4.78, 5) is 42.1. The van der Waals surface area contributed by atoms with Crippen LogP contribution in [0.4, 0.5) is 9.59 Å². The minimum atomic E-state index is -0.429. The molecule has 2 atom stereocenters. The fourth-order valence-corrected chi connectivity index (χ4v) is 9.00. The number of amides is 4. The number of piperidine rings is 1. The van der Waals surface area contributed by atoms with Crippen LogP contribution in [-0.4, -0.2) is 133 Å². The molecule has 0 aromatic carbocycles. The Hall–Kier alpha value is -2.58. The summed E-state index contributed by atoms with van der Waals surface area (Å²) in [5, 5.41) is 2.96. The van der Waals surface area contributed by atoms with Crippen LogP contribution < -0.4 is 5.32 Å². The van der Waals surface area contributed by atoms with Crippen LogP contribution in [0.1, 0.15) is 108 Å². The van der Waals surface area contributed by atoms with Gasteiger partial charge in [0.05, 0.1) is 34.6 Å². The maximum atomic E-state index is 12.9. The molecular formula is C39H62B2N4O9. The van der Waals surface area contributed by atoms with Crippen molar-refractivity contribution in [2.24, 2.45) is 10.8 Å². The van der Waals surface area contributed by atoms with Crippen molar-refractivity contribution >= 4 is 32.3 Å². The Kier molecular flexibility index (Phi) is 9.72. The molecule has 0 radical (unpaired) electrons. The highest BCUT2D eigenvalue weighted by Gasteiger charge is 2.56. The number of hydrogen-bond donors (Lipinski definition) is 1. The largest absolute Gasteiger partial charge is 0.487 e. The summed E-state index contributed by atoms with van der Waals surface area (Å²) in [5.74, 6) is 4.16. The van der Waals surface area contributed by atoms with Crippen LogP contribution in [0, 0.1) is 10.8 Å². The standard InChI is InChI=1S/C21H32BN3O5.C18H30BNO4/c1-19(2)20(3,4)30-22(29-19)9-14-7-21(8-14)12-25(13-21)18(27)24-6-5-16-15(10-24)23-17(26)11-28-16;1-15(2,3)22-14(21)20-11-18(12-20)8-13(9-18)10-19-23-16(4,5)17(6,7)24-19/h9,15-16H,5-8,10-13H2,1-4H3,(H,23,26);10H,8-9,11-12H2,1-7H3/t15-,16+;/m1./s1. The second-order valence-corrected chi connectivity index (χ2v) is 20.3. The van der Waals surface area contributed by atoms with Crippen LogP contribution in [0.25, 0.3) is 0 Å². The quantitative estimate of drug-likeness (QED) is 0.391. The molecule has 13 nitrogen and oxygen atoms in total. The van der Waals surface area contributed by atoms with Crippen LogP contribution >= 0.6 is 0 Å². The fraction of sp³-hybridized carbons (Fsp3) is 0.821. The average molecular weight is 753 g/mol. The van der Waals surface area contributed by atoms with Gasteiger partial charge in [0.25, 0.3) is 0 Å². The van der Waals surface area contributed by atoms with E-state index in [2.05, 4.69) is 72.7 Å². The van der Waals surface area contributed by atoms with Gasteiger partial charge in [0, 0.05) is 50.1 Å². The SMILES string of the molecule is CC(C)(C)OC(=O)N1CC2(CC(=CB3OC(C)(C)C(C)(C)O3)C2)C1.CC1(C)OB(C=C2CC3(C2)CN(C(=O)N2CC[C@@H]4OCC(=O)N[C@@H]4C2)C3)OC1(C)C. The molecule has 8 aliphatic rings. The molecule has 6 saturated heterocycles. The Morgan fingerprint density at radius 1 is 0.741 bits per heavy atom. The highest BCUT2D eigenvalue weighted by atomic mass is 16.7. The van der Waals surface area contributed by atoms with Gasteiger partial charge in [0.15, 0.2) is 0 Å². The lowest BCUT2D eigenvalue weighted by Gasteiger charge is -2.58. The van der Waals surface area contributed by atoms with Gasteiger partial charge < -0.3 is 48.1 Å². The number of nitrogens with zero attached hydrogens (tertiary/aromatic N) is 3. The van der Waals surface area contributed by atoms with Crippen molar-refractivity contribution in [1.29, 1.82) is 0 Å². The molecule has 0 aromatic rings. The number of nitrogens with one attached hydrogen (secondary N) is 1. The molecule has 8 fully saturated rings. The zero-order valence-corrected chi connectivity index (χ0v) is 34.5. The van der Waals surface area contributed by atoms with E-state index in [1.165, 1.54) is 11.1 Å². The topological polar surface area (TPSA) is 128 Å². The predicted octanol–water partition coefficient (Wildman–Crippen LogP) is 4.92. The van der Waals surface area contributed by atoms with E-state index in [0.717, 1.165) is 58.3 Å². The van der Waals surface area contributed by atoms with Gasteiger partial charge in [-0.15, -0.1) is 0 Å². The first-order valence-corrected chi connectivity index (χ1v) is 19.9. The van der Waals surface area contributed by atoms with Crippen molar-refractivity contribution in [3.8, 4) is 0 Å². The number of urea groups is 1. The van der Waals surface area contributed by atoms with Crippen LogP contribution in [-0.2, 0) is 32.9 Å². The molecular weight excluding hydrogens is 690 g/mol. The molecule has 1 N–H and O–H groups in total. The number of ether oxygens (including phenoxy) is 2. The Bertz CT molecular complexity index is 1540. The lowest BCUT2D eigenvalue weighted by atomic mass is 9.59. The third-order valence-electron chi connectivity index (χ3n) is 13.3. The summed E-state index contributed by atoms with van der Waals surface area (Å²) in [6, 6.07) is -0.000348. The van der Waals surface area contributed by atoms with Crippen LogP contribution in [0.5, 0.6) is 0 Å². The molecule has 15 heteroatoms. The van der Waals surface area contributed by atoms with Gasteiger partial charge in [-0.25, -0.2) is 9.59 Å². The molecule has 6 aliphatic heterocycles. The van der Waals surface area contributed by atoms with Crippen molar-refractivity contribution in [2.45, 2.75) is 148 Å². The van der Waals surface area contributed by atoms with E-state index in [0.29, 0.717) is 13.1 Å². The lowest BCUT2D eigenvalue weighted by Crippen LogP contribution is -2.67. The van der Waals surface area contributed by atoms with Gasteiger partial charge >= 0.3 is 26.4 Å². The predicted molar refractivity (Wildman–Crippen MR) is 204 cm³/mol. The maximum absolute atomic E-state index is 12.9. The first-order chi connectivity index (χ1) is 24.9. The molecule has 2 saturated carbocycles. The fourth-order valence-electron chi connectivity index (χ4n) is 9.00. The molecule has 2 aliphatic carbocycles. The molecule has 0 unspecified atom stereocenters. The third kappa shape index (κ3) is 7.73. The summed E-state index contributed by atoms with van der Waals surface area (Å²) < 4.78 is 35.2. The second kappa shape index (κ2) is 13.2. The summed E-state index contributed by atoms with van der Waals surface area (Å²) in [7, 11) is -0.543. The van der Waals surface area contributed by atoms with Crippen LogP contribution in [0.15, 0.2) is 23.1 Å². The summed E-state index contributed by atoms with van der Waals surface area (Å²) in [6.45, 7) is 26.8. The molecule has 0 bridgehead atoms. The van der Waals surface area contributed by atoms with E-state index in [1.54, 1.807) is 4.90 Å². The molecule has 54 heavy (non-hydrogen) atoms. The number of carbonyl (C=O) groups is 3. The van der Waals surface area contributed by atoms with Crippen LogP contribution in [0.2, 0.25) is 0 Å². The number of rotatable bonds is 2. The summed E-state index contributed by atoms with van der Waals surface area (Å²) in [5.41, 5.74) is 1.58. The number of carbonyl (C=O) groups excluding carboxylic acids is 3. The molecule has 0 aromatic heterocycles. The molecule has 298 valence electrons. The van der Waals surface area contributed by atoms with Gasteiger partial charge in [0.2, 0.25) is 5.91 Å². The van der Waals surface area contributed by atoms with Gasteiger partial charge in [-0.05, 0) is 108 Å². The lowest BCUT2D eigenvalue weighted by molar-refractivity contribution is -0.140. The Morgan fingerprint density at radius 2 is 1.19 bits per heavy atom. The van der Waals surface area contributed by atoms with Crippen molar-refractivity contribution in [1.82, 2.24) is 20.0 Å². The van der Waals surface area contributed by atoms with Crippen molar-refractivity contribution in [3.05, 3.63) is 23.1 Å². The number of morpholine rings is 1. The van der Waals surface area contributed by atoms with Crippen molar-refractivity contribution < 1.29 is 42.5 Å². The van der Waals surface area contributed by atoms with Gasteiger partial charge in [-0.2, -0.15) is 0 Å². The number of allylic oxidation sites excluding steroid dienone is 2. The van der Waals surface area contributed by atoms with Crippen molar-refractivity contribution in [2.75, 3.05) is 45.9 Å². The average Bonchev–Trinajstić information content (AvgIpc) is 3.30. The Morgan fingerprint density at radius 3 is 1.63 bits per heavy atom. The zero-order valence-electron chi connectivity index (χ0n) is 34.5. The van der Waals surface area contributed by atoms with E-state index >= 15 is 0 Å². The van der Waals surface area contributed by atoms with Crippen LogP contribution in [0.3, 0.4) is 0 Å². The molecule has 8 rings (SSSR count).